The average molecular weight is 1330 g/mol. The lowest BCUT2D eigenvalue weighted by Gasteiger charge is -2.09. The van der Waals surface area contributed by atoms with Gasteiger partial charge in [0, 0.05) is 6.61 Å². The van der Waals surface area contributed by atoms with Gasteiger partial charge in [-0.3, -0.25) is 0 Å². The first kappa shape index (κ1) is 89.7. The Morgan fingerprint density at radius 3 is 0.451 bits per heavy atom. The number of ether oxygens (including phenoxy) is 24. The Hall–Kier alpha value is -1.26. The maximum absolute atomic E-state index is 8.62. The predicted molar refractivity (Wildman–Crippen MR) is 346 cm³/mol. The van der Waals surface area contributed by atoms with Gasteiger partial charge in [0.05, 0.1) is 317 Å². The van der Waals surface area contributed by atoms with Gasteiger partial charge < -0.3 is 119 Å². The van der Waals surface area contributed by atoms with Gasteiger partial charge in [0.1, 0.15) is 0 Å². The van der Waals surface area contributed by atoms with Crippen LogP contribution in [0.5, 0.6) is 0 Å². The lowest BCUT2D eigenvalue weighted by atomic mass is 10.1. The van der Waals surface area contributed by atoms with E-state index in [-0.39, 0.29) is 6.61 Å². The molecule has 0 aliphatic heterocycles. The number of aliphatic hydroxyl groups is 1. The number of hydrogen-bond donors (Lipinski definition) is 1. The summed E-state index contributed by atoms with van der Waals surface area (Å²) >= 11 is 0. The summed E-state index contributed by atoms with van der Waals surface area (Å²) < 4.78 is 132. The van der Waals surface area contributed by atoms with Crippen molar-refractivity contribution in [3.63, 3.8) is 0 Å². The van der Waals surface area contributed by atoms with Crippen molar-refractivity contribution in [1.82, 2.24) is 0 Å². The van der Waals surface area contributed by atoms with Gasteiger partial charge in [0.25, 0.3) is 0 Å². The highest BCUT2D eigenvalue weighted by molar-refractivity contribution is 4.81. The third-order valence-corrected chi connectivity index (χ3v) is 12.6. The molecular formula is C66H132O25. The number of allylic oxidation sites excluding steroid dienone is 2. The van der Waals surface area contributed by atoms with E-state index in [9.17, 15) is 0 Å². The molecule has 25 heteroatoms. The lowest BCUT2D eigenvalue weighted by molar-refractivity contribution is -0.0320. The summed E-state index contributed by atoms with van der Waals surface area (Å²) in [7, 11) is 0. The van der Waals surface area contributed by atoms with Crippen molar-refractivity contribution in [2.45, 2.75) is 96.8 Å². The van der Waals surface area contributed by atoms with E-state index in [0.717, 1.165) is 13.0 Å². The Balaban J connectivity index is 3.09. The van der Waals surface area contributed by atoms with Gasteiger partial charge in [-0.1, -0.05) is 76.9 Å². The van der Waals surface area contributed by atoms with Gasteiger partial charge in [0.2, 0.25) is 0 Å². The van der Waals surface area contributed by atoms with Crippen LogP contribution in [0.1, 0.15) is 96.8 Å². The van der Waals surface area contributed by atoms with Crippen molar-refractivity contribution < 1.29 is 119 Å². The van der Waals surface area contributed by atoms with Crippen molar-refractivity contribution in [2.75, 3.05) is 324 Å². The van der Waals surface area contributed by atoms with E-state index in [1.807, 2.05) is 0 Å². The molecule has 1 N–H and O–H groups in total. The predicted octanol–water partition coefficient (Wildman–Crippen LogP) is 6.41. The second-order valence-corrected chi connectivity index (χ2v) is 20.4. The molecule has 0 rings (SSSR count). The van der Waals surface area contributed by atoms with E-state index in [0.29, 0.717) is 311 Å². The zero-order chi connectivity index (χ0) is 64.9. The smallest absolute Gasteiger partial charge is 0.0701 e. The third kappa shape index (κ3) is 88.7. The molecule has 0 atom stereocenters. The minimum absolute atomic E-state index is 0.0183. The Labute approximate surface area is 549 Å². The first-order valence-corrected chi connectivity index (χ1v) is 34.5. The second kappa shape index (κ2) is 88.7. The molecule has 91 heavy (non-hydrogen) atoms. The summed E-state index contributed by atoms with van der Waals surface area (Å²) in [5.74, 6) is 0. The Morgan fingerprint density at radius 1 is 0.154 bits per heavy atom. The summed E-state index contributed by atoms with van der Waals surface area (Å²) in [5, 5.41) is 8.62. The zero-order valence-electron chi connectivity index (χ0n) is 56.9. The molecule has 25 nitrogen and oxygen atoms in total. The molecule has 0 aromatic rings. The fourth-order valence-electron chi connectivity index (χ4n) is 7.68. The van der Waals surface area contributed by atoms with Crippen LogP contribution in [0.15, 0.2) is 12.2 Å². The molecule has 0 fully saturated rings. The van der Waals surface area contributed by atoms with Crippen LogP contribution in [0.2, 0.25) is 0 Å². The molecule has 0 unspecified atom stereocenters. The molecule has 0 bridgehead atoms. The molecular weight excluding hydrogens is 1190 g/mol. The minimum atomic E-state index is 0.0183. The van der Waals surface area contributed by atoms with E-state index in [1.165, 1.54) is 83.5 Å². The Bertz CT molecular complexity index is 1270. The molecule has 0 saturated heterocycles. The first-order valence-electron chi connectivity index (χ1n) is 34.5. The van der Waals surface area contributed by atoms with E-state index >= 15 is 0 Å². The summed E-state index contributed by atoms with van der Waals surface area (Å²) in [6, 6.07) is 0. The second-order valence-electron chi connectivity index (χ2n) is 20.4. The van der Waals surface area contributed by atoms with Crippen LogP contribution in [-0.4, -0.2) is 329 Å². The van der Waals surface area contributed by atoms with Crippen LogP contribution in [0.4, 0.5) is 0 Å². The SMILES string of the molecule is CCCCCCCC/C=C\CCCCCCCCOCCOCCOCCOCCOCCOCCOCCOCCOCCOCCOCCOCCOCCOCCOCCOCCOCCOCCOCCOCCOCCOCCOCCOCCO. The number of unbranched alkanes of at least 4 members (excludes halogenated alkanes) is 12. The van der Waals surface area contributed by atoms with Crippen LogP contribution in [0.3, 0.4) is 0 Å². The molecule has 0 aliphatic rings. The maximum Gasteiger partial charge on any atom is 0.0701 e. The van der Waals surface area contributed by atoms with Crippen molar-refractivity contribution >= 4 is 0 Å². The van der Waals surface area contributed by atoms with Crippen LogP contribution >= 0.6 is 0 Å². The van der Waals surface area contributed by atoms with E-state index in [4.69, 9.17) is 119 Å². The summed E-state index contributed by atoms with van der Waals surface area (Å²) in [6.45, 7) is 26.5. The number of aliphatic hydroxyl groups excluding tert-OH is 1. The van der Waals surface area contributed by atoms with Gasteiger partial charge in [-0.2, -0.15) is 0 Å². The van der Waals surface area contributed by atoms with E-state index in [1.54, 1.807) is 0 Å². The maximum atomic E-state index is 8.62. The third-order valence-electron chi connectivity index (χ3n) is 12.6. The van der Waals surface area contributed by atoms with Crippen LogP contribution in [0.25, 0.3) is 0 Å². The van der Waals surface area contributed by atoms with Crippen molar-refractivity contribution in [1.29, 1.82) is 0 Å². The Morgan fingerprint density at radius 2 is 0.286 bits per heavy atom. The highest BCUT2D eigenvalue weighted by Gasteiger charge is 2.01. The minimum Gasteiger partial charge on any atom is -0.394 e. The van der Waals surface area contributed by atoms with Gasteiger partial charge in [0.15, 0.2) is 0 Å². The molecule has 0 saturated carbocycles. The number of hydrogen-bond acceptors (Lipinski definition) is 25. The summed E-state index contributed by atoms with van der Waals surface area (Å²) in [5.41, 5.74) is 0. The van der Waals surface area contributed by atoms with Crippen molar-refractivity contribution in [2.24, 2.45) is 0 Å². The van der Waals surface area contributed by atoms with Crippen LogP contribution < -0.4 is 0 Å². The monoisotopic (exact) mass is 1320 g/mol. The first-order chi connectivity index (χ1) is 45.4. The molecule has 0 aromatic carbocycles. The number of rotatable bonds is 87. The van der Waals surface area contributed by atoms with Crippen molar-refractivity contribution in [3.05, 3.63) is 12.2 Å². The molecule has 0 radical (unpaired) electrons. The van der Waals surface area contributed by atoms with Gasteiger partial charge in [-0.15, -0.1) is 0 Å². The normalized spacial score (nSPS) is 11.9. The highest BCUT2D eigenvalue weighted by atomic mass is 16.6. The topological polar surface area (TPSA) is 242 Å². The van der Waals surface area contributed by atoms with Crippen LogP contribution in [-0.2, 0) is 114 Å². The van der Waals surface area contributed by atoms with E-state index < -0.39 is 0 Å². The van der Waals surface area contributed by atoms with Gasteiger partial charge in [-0.05, 0) is 32.1 Å². The fourth-order valence-corrected chi connectivity index (χ4v) is 7.68. The molecule has 0 aromatic heterocycles. The molecule has 0 amide bonds. The molecule has 546 valence electrons. The average Bonchev–Trinajstić information content (AvgIpc) is 3.56. The zero-order valence-corrected chi connectivity index (χ0v) is 56.9. The molecule has 0 aliphatic carbocycles. The van der Waals surface area contributed by atoms with Gasteiger partial charge >= 0.3 is 0 Å². The quantitative estimate of drug-likeness (QED) is 0.0511. The Kier molecular flexibility index (Phi) is 87.5. The highest BCUT2D eigenvalue weighted by Crippen LogP contribution is 2.10. The molecule has 0 heterocycles. The standard InChI is InChI=1S/C66H132O25/c1-2-3-4-5-6-7-8-9-10-11-12-13-14-15-16-17-19-68-21-23-70-25-27-72-29-31-74-33-35-76-37-39-78-41-43-80-45-47-82-49-51-84-53-55-86-57-59-88-61-63-90-65-66-91-64-62-89-60-58-87-56-54-85-52-50-83-48-46-81-44-42-79-40-38-77-36-34-75-32-30-73-28-26-71-24-22-69-20-18-67/h9-10,67H,2-8,11-66H2,1H3/b10-9-. The summed E-state index contributed by atoms with van der Waals surface area (Å²) in [4.78, 5) is 0. The summed E-state index contributed by atoms with van der Waals surface area (Å²) in [6.07, 6.45) is 23.2. The lowest BCUT2D eigenvalue weighted by Crippen LogP contribution is -2.16. The fraction of sp³-hybridized carbons (Fsp3) is 0.970. The van der Waals surface area contributed by atoms with E-state index in [2.05, 4.69) is 19.1 Å². The largest absolute Gasteiger partial charge is 0.394 e. The van der Waals surface area contributed by atoms with Gasteiger partial charge in [-0.25, -0.2) is 0 Å². The van der Waals surface area contributed by atoms with Crippen LogP contribution in [0, 0.1) is 0 Å². The van der Waals surface area contributed by atoms with Crippen molar-refractivity contribution in [3.8, 4) is 0 Å². The molecule has 0 spiro atoms.